The highest BCUT2D eigenvalue weighted by molar-refractivity contribution is 5.94. The molecule has 0 aliphatic carbocycles. The van der Waals surface area contributed by atoms with Crippen molar-refractivity contribution in [1.82, 2.24) is 10.2 Å². The van der Waals surface area contributed by atoms with Crippen LogP contribution >= 0.6 is 0 Å². The van der Waals surface area contributed by atoms with Crippen molar-refractivity contribution in [3.05, 3.63) is 35.9 Å². The van der Waals surface area contributed by atoms with Gasteiger partial charge in [-0.1, -0.05) is 38.0 Å². The molecule has 0 saturated carbocycles. The molecule has 1 atom stereocenters. The van der Waals surface area contributed by atoms with Gasteiger partial charge >= 0.3 is 5.97 Å². The van der Waals surface area contributed by atoms with Crippen LogP contribution in [0.15, 0.2) is 30.3 Å². The second kappa shape index (κ2) is 9.20. The van der Waals surface area contributed by atoms with Gasteiger partial charge in [0.25, 0.3) is 5.91 Å². The van der Waals surface area contributed by atoms with E-state index in [9.17, 15) is 19.5 Å². The van der Waals surface area contributed by atoms with Crippen molar-refractivity contribution in [2.75, 3.05) is 13.1 Å². The molecule has 6 heteroatoms. The predicted octanol–water partition coefficient (Wildman–Crippen LogP) is 2.30. The molecule has 1 saturated heterocycles. The van der Waals surface area contributed by atoms with E-state index in [1.807, 2.05) is 25.1 Å². The lowest BCUT2D eigenvalue weighted by atomic mass is 9.94. The second-order valence-corrected chi connectivity index (χ2v) is 6.47. The molecule has 2 rings (SSSR count). The number of benzene rings is 1. The van der Waals surface area contributed by atoms with Gasteiger partial charge in [0.2, 0.25) is 5.91 Å². The number of carbonyl (C=O) groups excluding carboxylic acids is 2. The second-order valence-electron chi connectivity index (χ2n) is 6.47. The summed E-state index contributed by atoms with van der Waals surface area (Å²) in [5, 5.41) is 11.9. The van der Waals surface area contributed by atoms with Gasteiger partial charge in [0, 0.05) is 24.6 Å². The van der Waals surface area contributed by atoms with Gasteiger partial charge in [0.15, 0.2) is 0 Å². The minimum absolute atomic E-state index is 0.0224. The molecule has 136 valence electrons. The fourth-order valence-corrected chi connectivity index (χ4v) is 3.06. The third-order valence-corrected chi connectivity index (χ3v) is 4.63. The zero-order valence-electron chi connectivity index (χ0n) is 14.6. The number of unbranched alkanes of at least 4 members (excludes halogenated alkanes) is 1. The Morgan fingerprint density at radius 2 is 1.84 bits per heavy atom. The minimum atomic E-state index is -0.988. The number of hydrogen-bond donors (Lipinski definition) is 2. The molecule has 0 radical (unpaired) electrons. The average Bonchev–Trinajstić information content (AvgIpc) is 2.65. The predicted molar refractivity (Wildman–Crippen MR) is 94.2 cm³/mol. The van der Waals surface area contributed by atoms with Gasteiger partial charge < -0.3 is 15.3 Å². The van der Waals surface area contributed by atoms with Crippen LogP contribution in [0, 0.1) is 5.92 Å². The van der Waals surface area contributed by atoms with E-state index in [-0.39, 0.29) is 17.7 Å². The van der Waals surface area contributed by atoms with Crippen LogP contribution in [-0.2, 0) is 9.59 Å². The van der Waals surface area contributed by atoms with Crippen molar-refractivity contribution in [3.8, 4) is 0 Å². The molecule has 2 N–H and O–H groups in total. The van der Waals surface area contributed by atoms with Gasteiger partial charge in [-0.05, 0) is 31.4 Å². The summed E-state index contributed by atoms with van der Waals surface area (Å²) in [4.78, 5) is 37.8. The Labute approximate surface area is 148 Å². The van der Waals surface area contributed by atoms with Crippen LogP contribution in [0.25, 0.3) is 0 Å². The molecule has 1 unspecified atom stereocenters. The summed E-state index contributed by atoms with van der Waals surface area (Å²) in [7, 11) is 0. The van der Waals surface area contributed by atoms with E-state index in [1.165, 1.54) is 0 Å². The fraction of sp³-hybridized carbons (Fsp3) is 0.526. The van der Waals surface area contributed by atoms with Crippen molar-refractivity contribution in [2.24, 2.45) is 5.92 Å². The van der Waals surface area contributed by atoms with Crippen LogP contribution in [0.3, 0.4) is 0 Å². The van der Waals surface area contributed by atoms with Crippen LogP contribution in [0.5, 0.6) is 0 Å². The maximum Gasteiger partial charge on any atom is 0.326 e. The van der Waals surface area contributed by atoms with Crippen molar-refractivity contribution < 1.29 is 19.5 Å². The number of carboxylic acids is 1. The van der Waals surface area contributed by atoms with Crippen LogP contribution in [0.4, 0.5) is 0 Å². The Balaban J connectivity index is 1.85. The number of likely N-dealkylation sites (tertiary alicyclic amines) is 1. The summed E-state index contributed by atoms with van der Waals surface area (Å²) in [5.41, 5.74) is 0.649. The Kier molecular flexibility index (Phi) is 6.98. The summed E-state index contributed by atoms with van der Waals surface area (Å²) in [6, 6.07) is 8.27. The number of nitrogens with zero attached hydrogens (tertiary/aromatic N) is 1. The molecule has 1 heterocycles. The highest BCUT2D eigenvalue weighted by Gasteiger charge is 2.30. The molecule has 6 nitrogen and oxygen atoms in total. The highest BCUT2D eigenvalue weighted by atomic mass is 16.4. The first-order chi connectivity index (χ1) is 12.0. The summed E-state index contributed by atoms with van der Waals surface area (Å²) in [6.07, 6.45) is 3.22. The average molecular weight is 346 g/mol. The van der Waals surface area contributed by atoms with Gasteiger partial charge in [-0.3, -0.25) is 9.59 Å². The highest BCUT2D eigenvalue weighted by Crippen LogP contribution is 2.20. The number of nitrogens with one attached hydrogen (secondary N) is 1. The van der Waals surface area contributed by atoms with Crippen molar-refractivity contribution >= 4 is 17.8 Å². The van der Waals surface area contributed by atoms with Crippen LogP contribution in [-0.4, -0.2) is 46.9 Å². The van der Waals surface area contributed by atoms with E-state index in [4.69, 9.17) is 0 Å². The molecule has 0 bridgehead atoms. The first kappa shape index (κ1) is 19.0. The summed E-state index contributed by atoms with van der Waals surface area (Å²) < 4.78 is 0. The van der Waals surface area contributed by atoms with Crippen LogP contribution in [0.1, 0.15) is 49.4 Å². The zero-order chi connectivity index (χ0) is 18.2. The first-order valence-electron chi connectivity index (χ1n) is 8.90. The fourth-order valence-electron chi connectivity index (χ4n) is 3.06. The monoisotopic (exact) mass is 346 g/mol. The Bertz CT molecular complexity index is 595. The molecule has 25 heavy (non-hydrogen) atoms. The zero-order valence-corrected chi connectivity index (χ0v) is 14.6. The van der Waals surface area contributed by atoms with Crippen LogP contribution < -0.4 is 5.32 Å². The normalized spacial score (nSPS) is 16.3. The van der Waals surface area contributed by atoms with E-state index in [0.717, 1.165) is 12.8 Å². The molecular formula is C19H26N2O4. The summed E-state index contributed by atoms with van der Waals surface area (Å²) in [6.45, 7) is 3.01. The largest absolute Gasteiger partial charge is 0.480 e. The number of hydrogen-bond acceptors (Lipinski definition) is 3. The summed E-state index contributed by atoms with van der Waals surface area (Å²) >= 11 is 0. The Morgan fingerprint density at radius 1 is 1.20 bits per heavy atom. The maximum atomic E-state index is 12.4. The van der Waals surface area contributed by atoms with E-state index in [0.29, 0.717) is 37.9 Å². The lowest BCUT2D eigenvalue weighted by Gasteiger charge is -2.32. The standard InChI is InChI=1S/C19H26N2O4/c1-2-3-9-16(19(24)25)20-17(22)14-10-12-21(13-11-14)18(23)15-7-5-4-6-8-15/h4-8,14,16H,2-3,9-13H2,1H3,(H,20,22)(H,24,25). The Hall–Kier alpha value is -2.37. The first-order valence-corrected chi connectivity index (χ1v) is 8.90. The van der Waals surface area contributed by atoms with E-state index in [2.05, 4.69) is 5.32 Å². The molecule has 1 aliphatic rings. The maximum absolute atomic E-state index is 12.4. The third kappa shape index (κ3) is 5.31. The van der Waals surface area contributed by atoms with Crippen molar-refractivity contribution in [2.45, 2.75) is 45.1 Å². The number of carbonyl (C=O) groups is 3. The lowest BCUT2D eigenvalue weighted by molar-refractivity contribution is -0.143. The molecule has 1 aliphatic heterocycles. The number of aliphatic carboxylic acids is 1. The topological polar surface area (TPSA) is 86.7 Å². The number of carboxylic acid groups (broad SMARTS) is 1. The lowest BCUT2D eigenvalue weighted by Crippen LogP contribution is -2.47. The van der Waals surface area contributed by atoms with Gasteiger partial charge in [-0.25, -0.2) is 4.79 Å². The molecule has 1 fully saturated rings. The molecule has 2 amide bonds. The smallest absolute Gasteiger partial charge is 0.326 e. The van der Waals surface area contributed by atoms with Gasteiger partial charge in [-0.2, -0.15) is 0 Å². The molecule has 1 aromatic rings. The number of amides is 2. The molecule has 0 spiro atoms. The van der Waals surface area contributed by atoms with E-state index >= 15 is 0 Å². The quantitative estimate of drug-likeness (QED) is 0.793. The van der Waals surface area contributed by atoms with Crippen LogP contribution in [0.2, 0.25) is 0 Å². The minimum Gasteiger partial charge on any atom is -0.480 e. The molecule has 0 aromatic heterocycles. The summed E-state index contributed by atoms with van der Waals surface area (Å²) in [5.74, 6) is -1.46. The number of rotatable bonds is 7. The SMILES string of the molecule is CCCCC(NC(=O)C1CCN(C(=O)c2ccccc2)CC1)C(=O)O. The van der Waals surface area contributed by atoms with Gasteiger partial charge in [0.1, 0.15) is 6.04 Å². The van der Waals surface area contributed by atoms with E-state index in [1.54, 1.807) is 17.0 Å². The van der Waals surface area contributed by atoms with Gasteiger partial charge in [0.05, 0.1) is 0 Å². The van der Waals surface area contributed by atoms with Crippen molar-refractivity contribution in [3.63, 3.8) is 0 Å². The third-order valence-electron chi connectivity index (χ3n) is 4.63. The molecular weight excluding hydrogens is 320 g/mol. The van der Waals surface area contributed by atoms with Crippen molar-refractivity contribution in [1.29, 1.82) is 0 Å². The molecule has 1 aromatic carbocycles. The number of piperidine rings is 1. The van der Waals surface area contributed by atoms with Gasteiger partial charge in [-0.15, -0.1) is 0 Å². The Morgan fingerprint density at radius 3 is 2.40 bits per heavy atom. The van der Waals surface area contributed by atoms with E-state index < -0.39 is 12.0 Å².